The van der Waals surface area contributed by atoms with Crippen molar-refractivity contribution in [2.75, 3.05) is 36.6 Å². The fourth-order valence-electron chi connectivity index (χ4n) is 4.16. The molecule has 188 valence electrons. The van der Waals surface area contributed by atoms with Gasteiger partial charge in [-0.2, -0.15) is 15.1 Å². The molecule has 0 radical (unpaired) electrons. The number of rotatable bonds is 10. The molecule has 2 N–H and O–H groups in total. The van der Waals surface area contributed by atoms with E-state index in [-0.39, 0.29) is 6.04 Å². The minimum absolute atomic E-state index is 0.0672. The Bertz CT molecular complexity index is 1310. The fourth-order valence-corrected chi connectivity index (χ4v) is 4.16. The van der Waals surface area contributed by atoms with Crippen LogP contribution < -0.4 is 15.0 Å². The average Bonchev–Trinajstić information content (AvgIpc) is 3.63. The van der Waals surface area contributed by atoms with Crippen molar-refractivity contribution in [2.24, 2.45) is 0 Å². The minimum atomic E-state index is -0.0672. The van der Waals surface area contributed by atoms with Crippen LogP contribution in [0.3, 0.4) is 0 Å². The van der Waals surface area contributed by atoms with E-state index in [1.807, 2.05) is 32.9 Å². The highest BCUT2D eigenvalue weighted by Gasteiger charge is 2.32. The lowest BCUT2D eigenvalue weighted by Crippen LogP contribution is -2.25. The summed E-state index contributed by atoms with van der Waals surface area (Å²) >= 11 is 0. The van der Waals surface area contributed by atoms with E-state index in [0.29, 0.717) is 54.7 Å². The monoisotopic (exact) mass is 491 g/mol. The molecule has 5 heterocycles. The van der Waals surface area contributed by atoms with E-state index < -0.39 is 0 Å². The lowest BCUT2D eigenvalue weighted by molar-refractivity contribution is 0.108. The Morgan fingerprint density at radius 2 is 2.00 bits per heavy atom. The van der Waals surface area contributed by atoms with Crippen molar-refractivity contribution in [3.63, 3.8) is 0 Å². The maximum Gasteiger partial charge on any atom is 0.231 e. The van der Waals surface area contributed by atoms with Gasteiger partial charge in [0.2, 0.25) is 11.8 Å². The number of nitrogens with one attached hydrogen (secondary N) is 2. The molecule has 4 aromatic heterocycles. The molecule has 0 bridgehead atoms. The van der Waals surface area contributed by atoms with Crippen molar-refractivity contribution < 1.29 is 14.0 Å². The Balaban J connectivity index is 1.42. The Hall–Kier alpha value is -4.06. The van der Waals surface area contributed by atoms with Gasteiger partial charge in [0.1, 0.15) is 23.8 Å². The fraction of sp³-hybridized carbons (Fsp3) is 0.417. The van der Waals surface area contributed by atoms with Crippen LogP contribution in [0.4, 0.5) is 17.6 Å². The van der Waals surface area contributed by atoms with Crippen molar-refractivity contribution in [1.29, 1.82) is 0 Å². The van der Waals surface area contributed by atoms with Crippen LogP contribution in [-0.4, -0.2) is 61.7 Å². The molecule has 1 atom stereocenters. The SMILES string of the molecule is CCOCCOc1cc(Nc2cc(C)[nH]n2)nc(N2CCCC2c2cc(-c3nccnc3C)no2)n1. The molecule has 0 aromatic carbocycles. The van der Waals surface area contributed by atoms with Crippen LogP contribution in [0.2, 0.25) is 0 Å². The van der Waals surface area contributed by atoms with Crippen molar-refractivity contribution in [2.45, 2.75) is 39.7 Å². The number of hydrogen-bond acceptors (Lipinski definition) is 11. The van der Waals surface area contributed by atoms with Gasteiger partial charge < -0.3 is 24.2 Å². The van der Waals surface area contributed by atoms with E-state index in [2.05, 4.69) is 35.5 Å². The number of anilines is 3. The van der Waals surface area contributed by atoms with E-state index in [0.717, 1.165) is 36.5 Å². The molecular weight excluding hydrogens is 462 g/mol. The van der Waals surface area contributed by atoms with Gasteiger partial charge in [0.05, 0.1) is 18.3 Å². The first-order chi connectivity index (χ1) is 17.6. The third-order valence-corrected chi connectivity index (χ3v) is 5.82. The summed E-state index contributed by atoms with van der Waals surface area (Å²) in [6, 6.07) is 5.52. The summed E-state index contributed by atoms with van der Waals surface area (Å²) < 4.78 is 17.1. The zero-order chi connectivity index (χ0) is 24.9. The first-order valence-electron chi connectivity index (χ1n) is 12.0. The predicted molar refractivity (Wildman–Crippen MR) is 132 cm³/mol. The van der Waals surface area contributed by atoms with Crippen LogP contribution in [0.15, 0.2) is 35.1 Å². The number of ether oxygens (including phenoxy) is 2. The van der Waals surface area contributed by atoms with Crippen LogP contribution in [0.5, 0.6) is 5.88 Å². The molecule has 12 heteroatoms. The van der Waals surface area contributed by atoms with Crippen LogP contribution >= 0.6 is 0 Å². The zero-order valence-electron chi connectivity index (χ0n) is 20.6. The molecule has 1 saturated heterocycles. The number of aryl methyl sites for hydroxylation is 2. The molecule has 1 fully saturated rings. The molecule has 1 aliphatic heterocycles. The molecule has 0 saturated carbocycles. The Kier molecular flexibility index (Phi) is 7.03. The molecule has 4 aromatic rings. The summed E-state index contributed by atoms with van der Waals surface area (Å²) in [6.45, 7) is 8.06. The Morgan fingerprint density at radius 3 is 2.81 bits per heavy atom. The summed E-state index contributed by atoms with van der Waals surface area (Å²) in [7, 11) is 0. The minimum Gasteiger partial charge on any atom is -0.475 e. The maximum absolute atomic E-state index is 5.89. The lowest BCUT2D eigenvalue weighted by Gasteiger charge is -2.23. The topological polar surface area (TPSA) is 140 Å². The Labute approximate surface area is 208 Å². The number of hydrogen-bond donors (Lipinski definition) is 2. The highest BCUT2D eigenvalue weighted by molar-refractivity contribution is 5.58. The van der Waals surface area contributed by atoms with Crippen molar-refractivity contribution in [3.05, 3.63) is 47.7 Å². The van der Waals surface area contributed by atoms with Crippen LogP contribution in [0, 0.1) is 13.8 Å². The second-order valence-corrected chi connectivity index (χ2v) is 8.45. The van der Waals surface area contributed by atoms with Gasteiger partial charge in [-0.25, -0.2) is 0 Å². The first kappa shape index (κ1) is 23.7. The number of nitrogens with zero attached hydrogens (tertiary/aromatic N) is 7. The van der Waals surface area contributed by atoms with Gasteiger partial charge in [-0.1, -0.05) is 5.16 Å². The van der Waals surface area contributed by atoms with Gasteiger partial charge in [0.25, 0.3) is 0 Å². The molecule has 1 unspecified atom stereocenters. The summed E-state index contributed by atoms with van der Waals surface area (Å²) in [5.74, 6) is 2.96. The van der Waals surface area contributed by atoms with E-state index in [1.54, 1.807) is 18.5 Å². The molecule has 0 spiro atoms. The van der Waals surface area contributed by atoms with Gasteiger partial charge in [-0.05, 0) is 33.6 Å². The summed E-state index contributed by atoms with van der Waals surface area (Å²) in [4.78, 5) is 20.3. The maximum atomic E-state index is 5.89. The lowest BCUT2D eigenvalue weighted by atomic mass is 10.1. The van der Waals surface area contributed by atoms with Gasteiger partial charge in [0, 0.05) is 49.4 Å². The molecular formula is C24H29N9O3. The van der Waals surface area contributed by atoms with E-state index in [4.69, 9.17) is 24.0 Å². The molecule has 5 rings (SSSR count). The molecule has 0 aliphatic carbocycles. The largest absolute Gasteiger partial charge is 0.475 e. The molecule has 0 amide bonds. The van der Waals surface area contributed by atoms with Crippen LogP contribution in [0.25, 0.3) is 11.4 Å². The third kappa shape index (κ3) is 5.28. The van der Waals surface area contributed by atoms with Gasteiger partial charge in [0.15, 0.2) is 11.6 Å². The second-order valence-electron chi connectivity index (χ2n) is 8.45. The molecule has 1 aliphatic rings. The number of H-pyrrole nitrogens is 1. The highest BCUT2D eigenvalue weighted by atomic mass is 16.5. The molecule has 12 nitrogen and oxygen atoms in total. The normalized spacial score (nSPS) is 15.4. The quantitative estimate of drug-likeness (QED) is 0.313. The average molecular weight is 492 g/mol. The summed E-state index contributed by atoms with van der Waals surface area (Å²) in [6.07, 6.45) is 5.16. The summed E-state index contributed by atoms with van der Waals surface area (Å²) in [5, 5.41) is 14.7. The predicted octanol–water partition coefficient (Wildman–Crippen LogP) is 3.76. The highest BCUT2D eigenvalue weighted by Crippen LogP contribution is 2.37. The van der Waals surface area contributed by atoms with Crippen molar-refractivity contribution in [1.82, 2.24) is 35.3 Å². The summed E-state index contributed by atoms with van der Waals surface area (Å²) in [5.41, 5.74) is 3.11. The van der Waals surface area contributed by atoms with Crippen LogP contribution in [-0.2, 0) is 4.74 Å². The van der Waals surface area contributed by atoms with Crippen LogP contribution in [0.1, 0.15) is 43.0 Å². The van der Waals surface area contributed by atoms with E-state index >= 15 is 0 Å². The first-order valence-corrected chi connectivity index (χ1v) is 12.0. The van der Waals surface area contributed by atoms with Gasteiger partial charge in [-0.15, -0.1) is 0 Å². The van der Waals surface area contributed by atoms with Crippen molar-refractivity contribution in [3.8, 4) is 17.3 Å². The van der Waals surface area contributed by atoms with Crippen molar-refractivity contribution >= 4 is 17.6 Å². The third-order valence-electron chi connectivity index (χ3n) is 5.82. The standard InChI is InChI=1S/C24H29N9O3/c1-4-34-10-11-35-22-14-20(27-21-12-15(2)30-31-21)28-24(29-22)33-9-5-6-18(33)19-13-17(32-36-19)23-16(3)25-7-8-26-23/h7-8,12-14,18H,4-6,9-11H2,1-3H3,(H2,27,28,29,30,31). The zero-order valence-corrected chi connectivity index (χ0v) is 20.6. The van der Waals surface area contributed by atoms with Gasteiger partial charge in [-0.3, -0.25) is 15.1 Å². The molecule has 36 heavy (non-hydrogen) atoms. The Morgan fingerprint density at radius 1 is 1.11 bits per heavy atom. The van der Waals surface area contributed by atoms with E-state index in [1.165, 1.54) is 0 Å². The van der Waals surface area contributed by atoms with Gasteiger partial charge >= 0.3 is 0 Å². The van der Waals surface area contributed by atoms with E-state index in [9.17, 15) is 0 Å². The smallest absolute Gasteiger partial charge is 0.231 e. The second kappa shape index (κ2) is 10.7. The number of aromatic nitrogens is 7. The number of aromatic amines is 1.